The Kier molecular flexibility index (Phi) is 6.92. The van der Waals surface area contributed by atoms with Gasteiger partial charge in [0.15, 0.2) is 9.84 Å². The van der Waals surface area contributed by atoms with Crippen LogP contribution in [0, 0.1) is 0 Å². The monoisotopic (exact) mass is 435 g/mol. The van der Waals surface area contributed by atoms with Gasteiger partial charge in [-0.15, -0.1) is 0 Å². The highest BCUT2D eigenvalue weighted by Gasteiger charge is 2.16. The molecule has 1 amide bonds. The summed E-state index contributed by atoms with van der Waals surface area (Å²) in [7, 11) is -1.65. The minimum Gasteiger partial charge on any atom is -0.497 e. The van der Waals surface area contributed by atoms with E-state index in [1.807, 2.05) is 67.6 Å². The maximum atomic E-state index is 13.2. The first-order chi connectivity index (χ1) is 14.8. The van der Waals surface area contributed by atoms with Crippen LogP contribution < -0.4 is 10.1 Å². The summed E-state index contributed by atoms with van der Waals surface area (Å²) in [4.78, 5) is 13.4. The van der Waals surface area contributed by atoms with Crippen LogP contribution in [0.3, 0.4) is 0 Å². The van der Waals surface area contributed by atoms with Crippen molar-refractivity contribution in [3.63, 3.8) is 0 Å². The first-order valence-corrected chi connectivity index (χ1v) is 11.7. The largest absolute Gasteiger partial charge is 0.497 e. The van der Waals surface area contributed by atoms with E-state index in [4.69, 9.17) is 4.74 Å². The van der Waals surface area contributed by atoms with Gasteiger partial charge in [0.1, 0.15) is 5.75 Å². The molecule has 0 bridgehead atoms. The maximum Gasteiger partial charge on any atom is 0.252 e. The van der Waals surface area contributed by atoms with E-state index in [1.165, 1.54) is 6.26 Å². The maximum absolute atomic E-state index is 13.2. The molecule has 0 unspecified atom stereocenters. The molecule has 0 heterocycles. The quantitative estimate of drug-likeness (QED) is 0.438. The summed E-state index contributed by atoms with van der Waals surface area (Å²) >= 11 is 0. The average Bonchev–Trinajstić information content (AvgIpc) is 2.78. The van der Waals surface area contributed by atoms with Gasteiger partial charge < -0.3 is 10.1 Å². The van der Waals surface area contributed by atoms with Gasteiger partial charge in [-0.3, -0.25) is 4.79 Å². The molecule has 1 atom stereocenters. The van der Waals surface area contributed by atoms with Gasteiger partial charge in [0.2, 0.25) is 0 Å². The highest BCUT2D eigenvalue weighted by Crippen LogP contribution is 2.23. The predicted molar refractivity (Wildman–Crippen MR) is 123 cm³/mol. The van der Waals surface area contributed by atoms with Crippen molar-refractivity contribution < 1.29 is 17.9 Å². The number of rotatable bonds is 7. The van der Waals surface area contributed by atoms with Crippen molar-refractivity contribution in [2.75, 3.05) is 13.4 Å². The van der Waals surface area contributed by atoms with E-state index in [-0.39, 0.29) is 16.8 Å². The molecule has 0 radical (unpaired) electrons. The summed E-state index contributed by atoms with van der Waals surface area (Å²) < 4.78 is 28.5. The van der Waals surface area contributed by atoms with E-state index in [1.54, 1.807) is 31.4 Å². The highest BCUT2D eigenvalue weighted by atomic mass is 32.2. The smallest absolute Gasteiger partial charge is 0.252 e. The first kappa shape index (κ1) is 22.3. The van der Waals surface area contributed by atoms with Crippen molar-refractivity contribution in [3.8, 4) is 5.75 Å². The lowest BCUT2D eigenvalue weighted by atomic mass is 10.0. The zero-order chi connectivity index (χ0) is 22.4. The zero-order valence-corrected chi connectivity index (χ0v) is 18.5. The number of benzene rings is 3. The third-order valence-corrected chi connectivity index (χ3v) is 6.04. The van der Waals surface area contributed by atoms with Crippen LogP contribution in [-0.4, -0.2) is 27.7 Å². The summed E-state index contributed by atoms with van der Waals surface area (Å²) in [5.74, 6) is 0.524. The van der Waals surface area contributed by atoms with E-state index in [2.05, 4.69) is 5.32 Å². The Morgan fingerprint density at radius 2 is 1.55 bits per heavy atom. The van der Waals surface area contributed by atoms with Crippen LogP contribution in [0.25, 0.3) is 11.6 Å². The fourth-order valence-electron chi connectivity index (χ4n) is 3.13. The van der Waals surface area contributed by atoms with E-state index in [0.717, 1.165) is 22.4 Å². The average molecular weight is 436 g/mol. The van der Waals surface area contributed by atoms with Crippen molar-refractivity contribution in [2.24, 2.45) is 0 Å². The minimum absolute atomic E-state index is 0.221. The highest BCUT2D eigenvalue weighted by molar-refractivity contribution is 7.90. The molecule has 0 fully saturated rings. The molecule has 0 aliphatic heterocycles. The number of hydrogen-bond donors (Lipinski definition) is 1. The SMILES string of the molecule is COc1ccc(/C=C(/C(=O)N[C@H](C)c2ccc(S(C)(=O)=O)cc2)c2ccccc2)cc1. The van der Waals surface area contributed by atoms with E-state index >= 15 is 0 Å². The van der Waals surface area contributed by atoms with Crippen LogP contribution in [0.2, 0.25) is 0 Å². The van der Waals surface area contributed by atoms with Gasteiger partial charge in [-0.1, -0.05) is 54.6 Å². The summed E-state index contributed by atoms with van der Waals surface area (Å²) in [5, 5.41) is 3.01. The van der Waals surface area contributed by atoms with Crippen molar-refractivity contribution in [3.05, 3.63) is 95.6 Å². The number of sulfone groups is 1. The molecule has 5 nitrogen and oxygen atoms in total. The number of amides is 1. The third kappa shape index (κ3) is 5.83. The van der Waals surface area contributed by atoms with Gasteiger partial charge in [0, 0.05) is 11.8 Å². The lowest BCUT2D eigenvalue weighted by Crippen LogP contribution is -2.27. The van der Waals surface area contributed by atoms with Crippen LogP contribution in [0.4, 0.5) is 0 Å². The van der Waals surface area contributed by atoms with Crippen LogP contribution in [0.15, 0.2) is 83.8 Å². The third-order valence-electron chi connectivity index (χ3n) is 4.91. The number of nitrogens with one attached hydrogen (secondary N) is 1. The molecule has 3 aromatic rings. The number of carbonyl (C=O) groups is 1. The normalized spacial score (nSPS) is 12.8. The number of methoxy groups -OCH3 is 1. The molecular weight excluding hydrogens is 410 g/mol. The van der Waals surface area contributed by atoms with Gasteiger partial charge in [-0.25, -0.2) is 8.42 Å². The predicted octanol–water partition coefficient (Wildman–Crippen LogP) is 4.52. The van der Waals surface area contributed by atoms with Crippen molar-refractivity contribution in [1.29, 1.82) is 0 Å². The standard InChI is InChI=1S/C25H25NO4S/c1-18(20-11-15-23(16-12-20)31(3,28)29)26-25(27)24(21-7-5-4-6-8-21)17-19-9-13-22(30-2)14-10-19/h4-18H,1-3H3,(H,26,27)/b24-17+/t18-/m1/s1. The van der Waals surface area contributed by atoms with Crippen LogP contribution in [0.5, 0.6) is 5.75 Å². The van der Waals surface area contributed by atoms with E-state index < -0.39 is 9.84 Å². The summed E-state index contributed by atoms with van der Waals surface area (Å²) in [6.45, 7) is 1.86. The zero-order valence-electron chi connectivity index (χ0n) is 17.7. The van der Waals surface area contributed by atoms with E-state index in [9.17, 15) is 13.2 Å². The summed E-state index contributed by atoms with van der Waals surface area (Å²) in [5.41, 5.74) is 3.03. The van der Waals surface area contributed by atoms with Gasteiger partial charge in [0.25, 0.3) is 5.91 Å². The Labute approximate surface area is 183 Å². The molecule has 31 heavy (non-hydrogen) atoms. The van der Waals surface area contributed by atoms with E-state index in [0.29, 0.717) is 5.57 Å². The molecular formula is C25H25NO4S. The Morgan fingerprint density at radius 1 is 0.935 bits per heavy atom. The Bertz CT molecular complexity index is 1170. The van der Waals surface area contributed by atoms with Crippen LogP contribution in [0.1, 0.15) is 29.7 Å². The molecule has 160 valence electrons. The lowest BCUT2D eigenvalue weighted by molar-refractivity contribution is -0.116. The van der Waals surface area contributed by atoms with Crippen LogP contribution >= 0.6 is 0 Å². The van der Waals surface area contributed by atoms with Gasteiger partial charge in [-0.05, 0) is 54.0 Å². The van der Waals surface area contributed by atoms with Gasteiger partial charge in [0.05, 0.1) is 18.0 Å². The molecule has 0 saturated heterocycles. The molecule has 0 aliphatic rings. The van der Waals surface area contributed by atoms with Gasteiger partial charge in [-0.2, -0.15) is 0 Å². The van der Waals surface area contributed by atoms with Crippen molar-refractivity contribution in [1.82, 2.24) is 5.32 Å². The Balaban J connectivity index is 1.87. The first-order valence-electron chi connectivity index (χ1n) is 9.80. The molecule has 1 N–H and O–H groups in total. The second kappa shape index (κ2) is 9.62. The molecule has 3 aromatic carbocycles. The number of carbonyl (C=O) groups excluding carboxylic acids is 1. The molecule has 0 aromatic heterocycles. The summed E-state index contributed by atoms with van der Waals surface area (Å²) in [6.07, 6.45) is 3.01. The fraction of sp³-hybridized carbons (Fsp3) is 0.160. The molecule has 6 heteroatoms. The van der Waals surface area contributed by atoms with Crippen molar-refractivity contribution in [2.45, 2.75) is 17.9 Å². The number of ether oxygens (including phenoxy) is 1. The minimum atomic E-state index is -3.26. The Hall–Kier alpha value is -3.38. The molecule has 0 saturated carbocycles. The molecule has 3 rings (SSSR count). The summed E-state index contributed by atoms with van der Waals surface area (Å²) in [6, 6.07) is 23.2. The van der Waals surface area contributed by atoms with Crippen LogP contribution in [-0.2, 0) is 14.6 Å². The second-order valence-corrected chi connectivity index (χ2v) is 9.25. The Morgan fingerprint density at radius 3 is 2.10 bits per heavy atom. The second-order valence-electron chi connectivity index (χ2n) is 7.23. The topological polar surface area (TPSA) is 72.5 Å². The molecule has 0 aliphatic carbocycles. The van der Waals surface area contributed by atoms with Crippen molar-refractivity contribution >= 4 is 27.4 Å². The van der Waals surface area contributed by atoms with Gasteiger partial charge >= 0.3 is 0 Å². The molecule has 0 spiro atoms. The lowest BCUT2D eigenvalue weighted by Gasteiger charge is -2.17. The fourth-order valence-corrected chi connectivity index (χ4v) is 3.76. The number of hydrogen-bond acceptors (Lipinski definition) is 4.